The predicted molar refractivity (Wildman–Crippen MR) is 69.0 cm³/mol. The summed E-state index contributed by atoms with van der Waals surface area (Å²) in [5.41, 5.74) is 0.193. The van der Waals surface area contributed by atoms with Gasteiger partial charge in [0.15, 0.2) is 0 Å². The summed E-state index contributed by atoms with van der Waals surface area (Å²) in [4.78, 5) is 11.9. The number of nitrogens with one attached hydrogen (secondary N) is 1. The molecule has 1 aromatic rings. The molecule has 0 aliphatic carbocycles. The van der Waals surface area contributed by atoms with Crippen molar-refractivity contribution in [1.82, 2.24) is 5.32 Å². The molecular formula is C13H16ClNO3. The van der Waals surface area contributed by atoms with Gasteiger partial charge in [0.1, 0.15) is 5.75 Å². The molecule has 5 heteroatoms. The second kappa shape index (κ2) is 6.07. The number of phenols is 1. The van der Waals surface area contributed by atoms with Crippen molar-refractivity contribution in [3.05, 3.63) is 28.8 Å². The number of hydrogen-bond donors (Lipinski definition) is 2. The van der Waals surface area contributed by atoms with Crippen LogP contribution in [0.5, 0.6) is 5.75 Å². The lowest BCUT2D eigenvalue weighted by atomic mass is 10.1. The SMILES string of the molecule is O=C(NC[C@@H]1CCCCO1)c1cc(Cl)ccc1O. The van der Waals surface area contributed by atoms with Crippen LogP contribution in [0.25, 0.3) is 0 Å². The molecule has 1 fully saturated rings. The quantitative estimate of drug-likeness (QED) is 0.886. The van der Waals surface area contributed by atoms with E-state index in [2.05, 4.69) is 5.32 Å². The molecule has 0 spiro atoms. The molecule has 0 radical (unpaired) electrons. The molecule has 4 nitrogen and oxygen atoms in total. The molecule has 0 aromatic heterocycles. The summed E-state index contributed by atoms with van der Waals surface area (Å²) in [5.74, 6) is -0.398. The monoisotopic (exact) mass is 269 g/mol. The molecule has 1 amide bonds. The summed E-state index contributed by atoms with van der Waals surface area (Å²) in [6.07, 6.45) is 3.24. The first-order valence-corrected chi connectivity index (χ1v) is 6.43. The summed E-state index contributed by atoms with van der Waals surface area (Å²) in [7, 11) is 0. The summed E-state index contributed by atoms with van der Waals surface area (Å²) >= 11 is 5.79. The number of carbonyl (C=O) groups is 1. The molecule has 98 valence electrons. The van der Waals surface area contributed by atoms with E-state index >= 15 is 0 Å². The summed E-state index contributed by atoms with van der Waals surface area (Å²) < 4.78 is 5.51. The van der Waals surface area contributed by atoms with Crippen molar-refractivity contribution in [2.75, 3.05) is 13.2 Å². The van der Waals surface area contributed by atoms with Gasteiger partial charge in [0.05, 0.1) is 11.7 Å². The second-order valence-corrected chi connectivity index (χ2v) is 4.80. The van der Waals surface area contributed by atoms with Crippen molar-refractivity contribution in [3.63, 3.8) is 0 Å². The minimum Gasteiger partial charge on any atom is -0.507 e. The lowest BCUT2D eigenvalue weighted by Gasteiger charge is -2.22. The van der Waals surface area contributed by atoms with Gasteiger partial charge in [-0.3, -0.25) is 4.79 Å². The van der Waals surface area contributed by atoms with Gasteiger partial charge < -0.3 is 15.2 Å². The number of benzene rings is 1. The van der Waals surface area contributed by atoms with E-state index in [-0.39, 0.29) is 23.3 Å². The number of ether oxygens (including phenoxy) is 1. The van der Waals surface area contributed by atoms with Crippen LogP contribution in [0.3, 0.4) is 0 Å². The van der Waals surface area contributed by atoms with Crippen LogP contribution in [0.4, 0.5) is 0 Å². The molecule has 1 aliphatic rings. The smallest absolute Gasteiger partial charge is 0.255 e. The van der Waals surface area contributed by atoms with E-state index in [9.17, 15) is 9.90 Å². The Kier molecular flexibility index (Phi) is 4.44. The Balaban J connectivity index is 1.92. The van der Waals surface area contributed by atoms with E-state index < -0.39 is 0 Å². The molecule has 1 saturated heterocycles. The maximum atomic E-state index is 11.9. The van der Waals surface area contributed by atoms with E-state index in [4.69, 9.17) is 16.3 Å². The van der Waals surface area contributed by atoms with E-state index in [1.807, 2.05) is 0 Å². The second-order valence-electron chi connectivity index (χ2n) is 4.36. The fourth-order valence-electron chi connectivity index (χ4n) is 1.96. The average molecular weight is 270 g/mol. The highest BCUT2D eigenvalue weighted by molar-refractivity contribution is 6.31. The van der Waals surface area contributed by atoms with Gasteiger partial charge in [-0.1, -0.05) is 11.6 Å². The van der Waals surface area contributed by atoms with Crippen LogP contribution in [0.15, 0.2) is 18.2 Å². The number of hydrogen-bond acceptors (Lipinski definition) is 3. The van der Waals surface area contributed by atoms with E-state index in [1.54, 1.807) is 0 Å². The number of amides is 1. The van der Waals surface area contributed by atoms with Crippen molar-refractivity contribution in [2.45, 2.75) is 25.4 Å². The molecule has 0 saturated carbocycles. The highest BCUT2D eigenvalue weighted by Gasteiger charge is 2.17. The third-order valence-electron chi connectivity index (χ3n) is 2.97. The minimum atomic E-state index is -0.329. The first-order chi connectivity index (χ1) is 8.66. The molecule has 1 aromatic carbocycles. The third-order valence-corrected chi connectivity index (χ3v) is 3.20. The first-order valence-electron chi connectivity index (χ1n) is 6.05. The summed E-state index contributed by atoms with van der Waals surface area (Å²) in [5, 5.41) is 12.8. The molecule has 2 rings (SSSR count). The third kappa shape index (κ3) is 3.37. The van der Waals surface area contributed by atoms with Gasteiger partial charge in [-0.25, -0.2) is 0 Å². The number of halogens is 1. The van der Waals surface area contributed by atoms with Gasteiger partial charge >= 0.3 is 0 Å². The highest BCUT2D eigenvalue weighted by atomic mass is 35.5. The molecule has 1 heterocycles. The van der Waals surface area contributed by atoms with Crippen LogP contribution in [0.1, 0.15) is 29.6 Å². The van der Waals surface area contributed by atoms with Crippen molar-refractivity contribution in [2.24, 2.45) is 0 Å². The van der Waals surface area contributed by atoms with E-state index in [0.717, 1.165) is 25.9 Å². The molecule has 18 heavy (non-hydrogen) atoms. The molecule has 0 bridgehead atoms. The Hall–Kier alpha value is -1.26. The number of carbonyl (C=O) groups excluding carboxylic acids is 1. The van der Waals surface area contributed by atoms with Gasteiger partial charge in [0.2, 0.25) is 0 Å². The molecular weight excluding hydrogens is 254 g/mol. The van der Waals surface area contributed by atoms with Gasteiger partial charge in [-0.2, -0.15) is 0 Å². The Morgan fingerprint density at radius 3 is 3.06 bits per heavy atom. The topological polar surface area (TPSA) is 58.6 Å². The van der Waals surface area contributed by atoms with Crippen LogP contribution >= 0.6 is 11.6 Å². The Morgan fingerprint density at radius 2 is 2.33 bits per heavy atom. The number of aromatic hydroxyl groups is 1. The summed E-state index contributed by atoms with van der Waals surface area (Å²) in [6.45, 7) is 1.22. The average Bonchev–Trinajstić information content (AvgIpc) is 2.40. The Labute approximate surface area is 111 Å². The standard InChI is InChI=1S/C13H16ClNO3/c14-9-4-5-12(16)11(7-9)13(17)15-8-10-3-1-2-6-18-10/h4-5,7,10,16H,1-3,6,8H2,(H,15,17)/t10-/m0/s1. The predicted octanol–water partition coefficient (Wildman–Crippen LogP) is 2.34. The van der Waals surface area contributed by atoms with Crippen molar-refractivity contribution in [1.29, 1.82) is 0 Å². The fourth-order valence-corrected chi connectivity index (χ4v) is 2.13. The lowest BCUT2D eigenvalue weighted by Crippen LogP contribution is -2.35. The lowest BCUT2D eigenvalue weighted by molar-refractivity contribution is 0.0169. The molecule has 1 aliphatic heterocycles. The van der Waals surface area contributed by atoms with Crippen molar-refractivity contribution in [3.8, 4) is 5.75 Å². The zero-order chi connectivity index (χ0) is 13.0. The zero-order valence-corrected chi connectivity index (χ0v) is 10.7. The largest absolute Gasteiger partial charge is 0.507 e. The van der Waals surface area contributed by atoms with Crippen LogP contribution in [0, 0.1) is 0 Å². The van der Waals surface area contributed by atoms with Crippen LogP contribution in [0.2, 0.25) is 5.02 Å². The fraction of sp³-hybridized carbons (Fsp3) is 0.462. The van der Waals surface area contributed by atoms with E-state index in [0.29, 0.717) is 11.6 Å². The number of rotatable bonds is 3. The molecule has 2 N–H and O–H groups in total. The van der Waals surface area contributed by atoms with Gasteiger partial charge in [-0.15, -0.1) is 0 Å². The van der Waals surface area contributed by atoms with Crippen molar-refractivity contribution < 1.29 is 14.6 Å². The van der Waals surface area contributed by atoms with Gasteiger partial charge in [0.25, 0.3) is 5.91 Å². The minimum absolute atomic E-state index is 0.0681. The maximum Gasteiger partial charge on any atom is 0.255 e. The van der Waals surface area contributed by atoms with Crippen LogP contribution in [-0.2, 0) is 4.74 Å². The van der Waals surface area contributed by atoms with Crippen LogP contribution < -0.4 is 5.32 Å². The summed E-state index contributed by atoms with van der Waals surface area (Å²) in [6, 6.07) is 4.40. The first kappa shape index (κ1) is 13.2. The van der Waals surface area contributed by atoms with Crippen LogP contribution in [-0.4, -0.2) is 30.3 Å². The van der Waals surface area contributed by atoms with Crippen molar-refractivity contribution >= 4 is 17.5 Å². The normalized spacial score (nSPS) is 19.5. The van der Waals surface area contributed by atoms with Gasteiger partial charge in [0, 0.05) is 18.2 Å². The zero-order valence-electron chi connectivity index (χ0n) is 9.99. The Bertz CT molecular complexity index is 430. The highest BCUT2D eigenvalue weighted by Crippen LogP contribution is 2.21. The van der Waals surface area contributed by atoms with E-state index in [1.165, 1.54) is 18.2 Å². The maximum absolute atomic E-state index is 11.9. The van der Waals surface area contributed by atoms with Gasteiger partial charge in [-0.05, 0) is 37.5 Å². The molecule has 0 unspecified atom stereocenters. The molecule has 1 atom stereocenters. The Morgan fingerprint density at radius 1 is 1.50 bits per heavy atom. The number of phenolic OH excluding ortho intramolecular Hbond substituents is 1.